The quantitative estimate of drug-likeness (QED) is 0.654. The number of piperidine rings is 1. The van der Waals surface area contributed by atoms with Gasteiger partial charge in [0.25, 0.3) is 0 Å². The number of nitrogens with one attached hydrogen (secondary N) is 1. The Morgan fingerprint density at radius 2 is 1.75 bits per heavy atom. The lowest BCUT2D eigenvalue weighted by Crippen LogP contribution is -2.40. The minimum atomic E-state index is 0.143. The Balaban J connectivity index is 1.62. The molecule has 0 spiro atoms. The van der Waals surface area contributed by atoms with Crippen LogP contribution in [-0.4, -0.2) is 43.0 Å². The zero-order chi connectivity index (χ0) is 13.9. The van der Waals surface area contributed by atoms with Crippen LogP contribution in [0.25, 0.3) is 0 Å². The van der Waals surface area contributed by atoms with Crippen molar-refractivity contribution in [3.05, 3.63) is 29.8 Å². The van der Waals surface area contributed by atoms with Gasteiger partial charge in [-0.1, -0.05) is 6.42 Å². The first-order valence-electron chi connectivity index (χ1n) is 7.67. The van der Waals surface area contributed by atoms with E-state index in [1.165, 1.54) is 44.5 Å². The standard InChI is InChI=1S/C16H24N4/c17-16(18)13-4-6-14(7-5-13)20-11-8-15(12-20)19-9-2-1-3-10-19/h4-7,15H,1-3,8-12H2,(H3,17,18). The number of benzene rings is 1. The van der Waals surface area contributed by atoms with Gasteiger partial charge in [0.1, 0.15) is 5.84 Å². The summed E-state index contributed by atoms with van der Waals surface area (Å²) in [6, 6.07) is 8.81. The van der Waals surface area contributed by atoms with Crippen molar-refractivity contribution >= 4 is 11.5 Å². The molecule has 0 aromatic heterocycles. The summed E-state index contributed by atoms with van der Waals surface area (Å²) in [5.74, 6) is 0.143. The van der Waals surface area contributed by atoms with Crippen molar-refractivity contribution in [3.63, 3.8) is 0 Å². The second-order valence-electron chi connectivity index (χ2n) is 5.95. The molecule has 2 aliphatic rings. The fourth-order valence-corrected chi connectivity index (χ4v) is 3.41. The van der Waals surface area contributed by atoms with Gasteiger partial charge in [-0.05, 0) is 56.6 Å². The molecule has 0 bridgehead atoms. The van der Waals surface area contributed by atoms with E-state index in [9.17, 15) is 0 Å². The Hall–Kier alpha value is -1.55. The first-order valence-corrected chi connectivity index (χ1v) is 7.67. The van der Waals surface area contributed by atoms with Crippen LogP contribution in [0.2, 0.25) is 0 Å². The highest BCUT2D eigenvalue weighted by Gasteiger charge is 2.28. The fourth-order valence-electron chi connectivity index (χ4n) is 3.41. The summed E-state index contributed by atoms with van der Waals surface area (Å²) < 4.78 is 0. The zero-order valence-corrected chi connectivity index (χ0v) is 12.0. The number of nitrogens with zero attached hydrogens (tertiary/aromatic N) is 2. The van der Waals surface area contributed by atoms with Gasteiger partial charge in [0.2, 0.25) is 0 Å². The van der Waals surface area contributed by atoms with Crippen LogP contribution >= 0.6 is 0 Å². The van der Waals surface area contributed by atoms with E-state index in [1.54, 1.807) is 0 Å². The van der Waals surface area contributed by atoms with Crippen LogP contribution in [0.4, 0.5) is 5.69 Å². The smallest absolute Gasteiger partial charge is 0.122 e. The van der Waals surface area contributed by atoms with Gasteiger partial charge in [-0.15, -0.1) is 0 Å². The molecule has 1 unspecified atom stereocenters. The molecule has 108 valence electrons. The summed E-state index contributed by atoms with van der Waals surface area (Å²) in [7, 11) is 0. The normalized spacial score (nSPS) is 24.0. The van der Waals surface area contributed by atoms with Gasteiger partial charge in [0, 0.05) is 30.4 Å². The zero-order valence-electron chi connectivity index (χ0n) is 12.0. The summed E-state index contributed by atoms with van der Waals surface area (Å²) in [5.41, 5.74) is 7.56. The molecule has 3 N–H and O–H groups in total. The number of amidine groups is 1. The number of rotatable bonds is 3. The van der Waals surface area contributed by atoms with Crippen molar-refractivity contribution in [2.45, 2.75) is 31.7 Å². The Morgan fingerprint density at radius 3 is 2.40 bits per heavy atom. The van der Waals surface area contributed by atoms with Gasteiger partial charge in [0.15, 0.2) is 0 Å². The van der Waals surface area contributed by atoms with Crippen molar-refractivity contribution < 1.29 is 0 Å². The molecule has 1 aromatic rings. The first kappa shape index (κ1) is 13.4. The molecule has 20 heavy (non-hydrogen) atoms. The molecule has 3 rings (SSSR count). The highest BCUT2D eigenvalue weighted by Crippen LogP contribution is 2.25. The third-order valence-corrected chi connectivity index (χ3v) is 4.61. The van der Waals surface area contributed by atoms with Crippen LogP contribution in [0, 0.1) is 5.41 Å². The third kappa shape index (κ3) is 2.80. The molecule has 0 amide bonds. The first-order chi connectivity index (χ1) is 9.74. The Kier molecular flexibility index (Phi) is 3.92. The van der Waals surface area contributed by atoms with Crippen LogP contribution in [0.5, 0.6) is 0 Å². The number of hydrogen-bond donors (Lipinski definition) is 2. The van der Waals surface area contributed by atoms with E-state index in [1.807, 2.05) is 12.1 Å². The average Bonchev–Trinajstić information content (AvgIpc) is 2.98. The number of nitrogens with two attached hydrogens (primary N) is 1. The molecule has 2 heterocycles. The van der Waals surface area contributed by atoms with Crippen molar-refractivity contribution in [3.8, 4) is 0 Å². The lowest BCUT2D eigenvalue weighted by Gasteiger charge is -2.32. The topological polar surface area (TPSA) is 56.4 Å². The number of nitrogen functional groups attached to an aromatic ring is 1. The van der Waals surface area contributed by atoms with Crippen molar-refractivity contribution in [2.24, 2.45) is 5.73 Å². The number of hydrogen-bond acceptors (Lipinski definition) is 3. The van der Waals surface area contributed by atoms with Gasteiger partial charge in [-0.3, -0.25) is 10.3 Å². The molecule has 1 atom stereocenters. The highest BCUT2D eigenvalue weighted by molar-refractivity contribution is 5.95. The van der Waals surface area contributed by atoms with E-state index in [0.717, 1.165) is 24.7 Å². The minimum Gasteiger partial charge on any atom is -0.384 e. The maximum absolute atomic E-state index is 7.44. The maximum atomic E-state index is 7.44. The summed E-state index contributed by atoms with van der Waals surface area (Å²) >= 11 is 0. The van der Waals surface area contributed by atoms with E-state index in [2.05, 4.69) is 21.9 Å². The van der Waals surface area contributed by atoms with E-state index < -0.39 is 0 Å². The highest BCUT2D eigenvalue weighted by atomic mass is 15.3. The van der Waals surface area contributed by atoms with Crippen molar-refractivity contribution in [2.75, 3.05) is 31.1 Å². The Labute approximate surface area is 121 Å². The van der Waals surface area contributed by atoms with Gasteiger partial charge < -0.3 is 10.6 Å². The maximum Gasteiger partial charge on any atom is 0.122 e. The number of anilines is 1. The molecule has 4 nitrogen and oxygen atoms in total. The minimum absolute atomic E-state index is 0.143. The summed E-state index contributed by atoms with van der Waals surface area (Å²) in [6.07, 6.45) is 5.40. The molecule has 0 aliphatic carbocycles. The van der Waals surface area contributed by atoms with E-state index in [-0.39, 0.29) is 5.84 Å². The molecular formula is C16H24N4. The largest absolute Gasteiger partial charge is 0.384 e. The summed E-state index contributed by atoms with van der Waals surface area (Å²) in [4.78, 5) is 5.14. The molecule has 2 aliphatic heterocycles. The summed E-state index contributed by atoms with van der Waals surface area (Å²) in [6.45, 7) is 4.84. The monoisotopic (exact) mass is 272 g/mol. The number of likely N-dealkylation sites (tertiary alicyclic amines) is 1. The second-order valence-corrected chi connectivity index (χ2v) is 5.95. The van der Waals surface area contributed by atoms with Gasteiger partial charge in [-0.2, -0.15) is 0 Å². The van der Waals surface area contributed by atoms with Crippen molar-refractivity contribution in [1.82, 2.24) is 4.90 Å². The Morgan fingerprint density at radius 1 is 1.05 bits per heavy atom. The summed E-state index contributed by atoms with van der Waals surface area (Å²) in [5, 5.41) is 7.44. The van der Waals surface area contributed by atoms with E-state index >= 15 is 0 Å². The van der Waals surface area contributed by atoms with Crippen LogP contribution in [0.1, 0.15) is 31.2 Å². The van der Waals surface area contributed by atoms with Crippen molar-refractivity contribution in [1.29, 1.82) is 5.41 Å². The van der Waals surface area contributed by atoms with Crippen LogP contribution in [0.3, 0.4) is 0 Å². The predicted molar refractivity (Wildman–Crippen MR) is 83.5 cm³/mol. The van der Waals surface area contributed by atoms with Gasteiger partial charge in [-0.25, -0.2) is 0 Å². The lowest BCUT2D eigenvalue weighted by atomic mass is 10.1. The molecular weight excluding hydrogens is 248 g/mol. The SMILES string of the molecule is N=C(N)c1ccc(N2CCC(N3CCCCC3)C2)cc1. The average molecular weight is 272 g/mol. The Bertz CT molecular complexity index is 462. The fraction of sp³-hybridized carbons (Fsp3) is 0.562. The third-order valence-electron chi connectivity index (χ3n) is 4.61. The van der Waals surface area contributed by atoms with Gasteiger partial charge >= 0.3 is 0 Å². The predicted octanol–water partition coefficient (Wildman–Crippen LogP) is 2.04. The van der Waals surface area contributed by atoms with Crippen LogP contribution in [-0.2, 0) is 0 Å². The molecule has 0 saturated carbocycles. The van der Waals surface area contributed by atoms with E-state index in [4.69, 9.17) is 11.1 Å². The molecule has 1 aromatic carbocycles. The van der Waals surface area contributed by atoms with Crippen LogP contribution < -0.4 is 10.6 Å². The lowest BCUT2D eigenvalue weighted by molar-refractivity contribution is 0.175. The molecule has 4 heteroatoms. The van der Waals surface area contributed by atoms with Crippen LogP contribution in [0.15, 0.2) is 24.3 Å². The molecule has 0 radical (unpaired) electrons. The molecule has 2 saturated heterocycles. The molecule has 2 fully saturated rings. The second kappa shape index (κ2) is 5.83. The van der Waals surface area contributed by atoms with E-state index in [0.29, 0.717) is 0 Å². The van der Waals surface area contributed by atoms with Gasteiger partial charge in [0.05, 0.1) is 0 Å².